The van der Waals surface area contributed by atoms with Crippen molar-refractivity contribution in [1.82, 2.24) is 0 Å². The van der Waals surface area contributed by atoms with E-state index in [4.69, 9.17) is 5.73 Å². The Hall–Kier alpha value is -2.02. The molecule has 2 aromatic carbocycles. The fraction of sp³-hybridized carbons (Fsp3) is 0.263. The first-order valence-corrected chi connectivity index (χ1v) is 6.99. The van der Waals surface area contributed by atoms with Crippen molar-refractivity contribution in [2.75, 3.05) is 5.73 Å². The molecule has 0 saturated carbocycles. The summed E-state index contributed by atoms with van der Waals surface area (Å²) >= 11 is 0. The first kappa shape index (κ1) is 14.4. The molecule has 1 heteroatoms. The molecule has 0 aromatic heterocycles. The van der Waals surface area contributed by atoms with Crippen molar-refractivity contribution >= 4 is 11.3 Å². The standard InChI is InChI=1S/C19H23N/c1-14-5-7-16(8-6-14)15(2)13-19(3,4)17-9-11-18(20)12-10-17/h5-12H,2,13,20H2,1,3-4H3. The van der Waals surface area contributed by atoms with Gasteiger partial charge in [-0.3, -0.25) is 0 Å². The molecule has 0 aliphatic heterocycles. The number of nitrogen functional groups attached to an aromatic ring is 1. The molecule has 0 fully saturated rings. The second kappa shape index (κ2) is 5.54. The van der Waals surface area contributed by atoms with Gasteiger partial charge in [0.1, 0.15) is 0 Å². The van der Waals surface area contributed by atoms with Gasteiger partial charge in [-0.2, -0.15) is 0 Å². The molecule has 1 nitrogen and oxygen atoms in total. The lowest BCUT2D eigenvalue weighted by Gasteiger charge is -2.26. The Labute approximate surface area is 122 Å². The molecular weight excluding hydrogens is 242 g/mol. The Morgan fingerprint density at radius 1 is 1.00 bits per heavy atom. The van der Waals surface area contributed by atoms with E-state index in [1.54, 1.807) is 0 Å². The SMILES string of the molecule is C=C(CC(C)(C)c1ccc(N)cc1)c1ccc(C)cc1. The molecule has 0 radical (unpaired) electrons. The Balaban J connectivity index is 2.17. The van der Waals surface area contributed by atoms with Crippen molar-refractivity contribution in [3.8, 4) is 0 Å². The van der Waals surface area contributed by atoms with Gasteiger partial charge in [-0.25, -0.2) is 0 Å². The summed E-state index contributed by atoms with van der Waals surface area (Å²) < 4.78 is 0. The summed E-state index contributed by atoms with van der Waals surface area (Å²) in [5.41, 5.74) is 11.6. The fourth-order valence-corrected chi connectivity index (χ4v) is 2.46. The maximum Gasteiger partial charge on any atom is 0.0314 e. The predicted octanol–water partition coefficient (Wildman–Crippen LogP) is 4.96. The van der Waals surface area contributed by atoms with Crippen molar-refractivity contribution in [3.05, 3.63) is 71.8 Å². The molecule has 104 valence electrons. The van der Waals surface area contributed by atoms with E-state index < -0.39 is 0 Å². The quantitative estimate of drug-likeness (QED) is 0.777. The van der Waals surface area contributed by atoms with Gasteiger partial charge in [0, 0.05) is 5.69 Å². The number of anilines is 1. The lowest BCUT2D eigenvalue weighted by molar-refractivity contribution is 0.542. The van der Waals surface area contributed by atoms with Gasteiger partial charge < -0.3 is 5.73 Å². The van der Waals surface area contributed by atoms with Crippen LogP contribution in [-0.2, 0) is 5.41 Å². The van der Waals surface area contributed by atoms with Gasteiger partial charge in [0.25, 0.3) is 0 Å². The van der Waals surface area contributed by atoms with E-state index in [0.29, 0.717) is 0 Å². The number of allylic oxidation sites excluding steroid dienone is 1. The maximum atomic E-state index is 5.76. The van der Waals surface area contributed by atoms with Crippen LogP contribution in [0.4, 0.5) is 5.69 Å². The maximum absolute atomic E-state index is 5.76. The van der Waals surface area contributed by atoms with Gasteiger partial charge >= 0.3 is 0 Å². The number of nitrogens with two attached hydrogens (primary N) is 1. The van der Waals surface area contributed by atoms with Crippen LogP contribution in [0.5, 0.6) is 0 Å². The summed E-state index contributed by atoms with van der Waals surface area (Å²) in [6.45, 7) is 10.9. The number of hydrogen-bond acceptors (Lipinski definition) is 1. The first-order chi connectivity index (χ1) is 9.38. The highest BCUT2D eigenvalue weighted by Gasteiger charge is 2.21. The van der Waals surface area contributed by atoms with Crippen LogP contribution in [0.3, 0.4) is 0 Å². The Bertz CT molecular complexity index is 589. The number of aryl methyl sites for hydroxylation is 1. The third-order valence-corrected chi connectivity index (χ3v) is 3.81. The average molecular weight is 265 g/mol. The van der Waals surface area contributed by atoms with E-state index in [2.05, 4.69) is 63.7 Å². The normalized spacial score (nSPS) is 11.3. The van der Waals surface area contributed by atoms with Crippen molar-refractivity contribution in [2.45, 2.75) is 32.6 Å². The molecule has 2 N–H and O–H groups in total. The molecular formula is C19H23N. The minimum Gasteiger partial charge on any atom is -0.399 e. The van der Waals surface area contributed by atoms with Crippen LogP contribution in [-0.4, -0.2) is 0 Å². The minimum absolute atomic E-state index is 0.0513. The van der Waals surface area contributed by atoms with Crippen molar-refractivity contribution < 1.29 is 0 Å². The van der Waals surface area contributed by atoms with Gasteiger partial charge in [0.15, 0.2) is 0 Å². The molecule has 0 aliphatic rings. The van der Waals surface area contributed by atoms with Gasteiger partial charge in [-0.1, -0.05) is 62.4 Å². The third kappa shape index (κ3) is 3.30. The van der Waals surface area contributed by atoms with Crippen LogP contribution in [0.25, 0.3) is 5.57 Å². The van der Waals surface area contributed by atoms with Crippen molar-refractivity contribution in [3.63, 3.8) is 0 Å². The van der Waals surface area contributed by atoms with Crippen molar-refractivity contribution in [1.29, 1.82) is 0 Å². The first-order valence-electron chi connectivity index (χ1n) is 6.99. The second-order valence-electron chi connectivity index (χ2n) is 6.15. The molecule has 0 aliphatic carbocycles. The van der Waals surface area contributed by atoms with Gasteiger partial charge in [-0.15, -0.1) is 0 Å². The molecule has 0 saturated heterocycles. The summed E-state index contributed by atoms with van der Waals surface area (Å²) in [7, 11) is 0. The van der Waals surface area contributed by atoms with Crippen LogP contribution in [0, 0.1) is 6.92 Å². The van der Waals surface area contributed by atoms with E-state index in [1.807, 2.05) is 12.1 Å². The molecule has 0 bridgehead atoms. The molecule has 0 amide bonds. The predicted molar refractivity (Wildman–Crippen MR) is 88.7 cm³/mol. The summed E-state index contributed by atoms with van der Waals surface area (Å²) in [6.07, 6.45) is 0.931. The van der Waals surface area contributed by atoms with Crippen LogP contribution in [0.2, 0.25) is 0 Å². The molecule has 2 aromatic rings. The van der Waals surface area contributed by atoms with E-state index in [1.165, 1.54) is 22.3 Å². The number of benzene rings is 2. The zero-order valence-electron chi connectivity index (χ0n) is 12.6. The van der Waals surface area contributed by atoms with E-state index in [0.717, 1.165) is 12.1 Å². The number of hydrogen-bond donors (Lipinski definition) is 1. The smallest absolute Gasteiger partial charge is 0.0314 e. The van der Waals surface area contributed by atoms with Gasteiger partial charge in [0.2, 0.25) is 0 Å². The van der Waals surface area contributed by atoms with Crippen molar-refractivity contribution in [2.24, 2.45) is 0 Å². The third-order valence-electron chi connectivity index (χ3n) is 3.81. The van der Waals surface area contributed by atoms with E-state index >= 15 is 0 Å². The molecule has 0 spiro atoms. The fourth-order valence-electron chi connectivity index (χ4n) is 2.46. The molecule has 20 heavy (non-hydrogen) atoms. The Morgan fingerprint density at radius 3 is 2.10 bits per heavy atom. The van der Waals surface area contributed by atoms with E-state index in [-0.39, 0.29) is 5.41 Å². The van der Waals surface area contributed by atoms with Gasteiger partial charge in [0.05, 0.1) is 0 Å². The monoisotopic (exact) mass is 265 g/mol. The van der Waals surface area contributed by atoms with Crippen LogP contribution in [0.1, 0.15) is 37.0 Å². The van der Waals surface area contributed by atoms with E-state index in [9.17, 15) is 0 Å². The lowest BCUT2D eigenvalue weighted by atomic mass is 9.78. The molecule has 2 rings (SSSR count). The highest BCUT2D eigenvalue weighted by molar-refractivity contribution is 5.65. The summed E-state index contributed by atoms with van der Waals surface area (Å²) in [6, 6.07) is 16.7. The zero-order valence-corrected chi connectivity index (χ0v) is 12.6. The largest absolute Gasteiger partial charge is 0.399 e. The molecule has 0 atom stereocenters. The highest BCUT2D eigenvalue weighted by atomic mass is 14.5. The summed E-state index contributed by atoms with van der Waals surface area (Å²) in [5.74, 6) is 0. The highest BCUT2D eigenvalue weighted by Crippen LogP contribution is 2.33. The van der Waals surface area contributed by atoms with Crippen LogP contribution >= 0.6 is 0 Å². The van der Waals surface area contributed by atoms with Crippen LogP contribution in [0.15, 0.2) is 55.1 Å². The number of rotatable bonds is 4. The topological polar surface area (TPSA) is 26.0 Å². The van der Waals surface area contributed by atoms with Gasteiger partial charge in [-0.05, 0) is 47.6 Å². The second-order valence-corrected chi connectivity index (χ2v) is 6.15. The summed E-state index contributed by atoms with van der Waals surface area (Å²) in [4.78, 5) is 0. The Morgan fingerprint density at radius 2 is 1.55 bits per heavy atom. The minimum atomic E-state index is 0.0513. The van der Waals surface area contributed by atoms with Crippen LogP contribution < -0.4 is 5.73 Å². The zero-order chi connectivity index (χ0) is 14.8. The molecule has 0 unspecified atom stereocenters. The summed E-state index contributed by atoms with van der Waals surface area (Å²) in [5, 5.41) is 0. The Kier molecular flexibility index (Phi) is 3.99. The lowest BCUT2D eigenvalue weighted by Crippen LogP contribution is -2.17. The molecule has 0 heterocycles. The average Bonchev–Trinajstić information content (AvgIpc) is 2.39.